The molecule has 1 saturated heterocycles. The summed E-state index contributed by atoms with van der Waals surface area (Å²) in [6, 6.07) is 9.33. The highest BCUT2D eigenvalue weighted by molar-refractivity contribution is 7.12. The van der Waals surface area contributed by atoms with Gasteiger partial charge < -0.3 is 20.6 Å². The van der Waals surface area contributed by atoms with Crippen LogP contribution in [0.2, 0.25) is 0 Å². The third-order valence-corrected chi connectivity index (χ3v) is 8.25. The van der Waals surface area contributed by atoms with Crippen LogP contribution < -0.4 is 15.5 Å². The number of hydrogen-bond donors (Lipinski definition) is 3. The number of amides is 3. The van der Waals surface area contributed by atoms with Crippen molar-refractivity contribution in [1.29, 1.82) is 0 Å². The molecule has 2 heterocycles. The Hall–Kier alpha value is -2.71. The van der Waals surface area contributed by atoms with Crippen molar-refractivity contribution in [3.05, 3.63) is 45.6 Å². The molecule has 8 heteroatoms. The zero-order valence-electron chi connectivity index (χ0n) is 19.1. The molecular formula is C25H31N3O4S. The molecule has 2 fully saturated rings. The number of aryl methyl sites for hydroxylation is 1. The number of aliphatic hydroxyl groups is 1. The van der Waals surface area contributed by atoms with Crippen LogP contribution in [0.4, 0.5) is 11.4 Å². The minimum absolute atomic E-state index is 0.0773. The molecule has 1 atom stereocenters. The molecule has 1 saturated carbocycles. The lowest BCUT2D eigenvalue weighted by atomic mass is 9.84. The molecule has 1 aliphatic heterocycles. The lowest BCUT2D eigenvalue weighted by Gasteiger charge is -2.28. The molecule has 7 nitrogen and oxygen atoms in total. The highest BCUT2D eigenvalue weighted by atomic mass is 32.1. The predicted molar refractivity (Wildman–Crippen MR) is 130 cm³/mol. The molecule has 3 amide bonds. The highest BCUT2D eigenvalue weighted by Crippen LogP contribution is 2.44. The van der Waals surface area contributed by atoms with E-state index in [-0.39, 0.29) is 11.3 Å². The van der Waals surface area contributed by atoms with Gasteiger partial charge in [0.15, 0.2) is 0 Å². The van der Waals surface area contributed by atoms with Gasteiger partial charge in [0, 0.05) is 46.1 Å². The maximum absolute atomic E-state index is 12.6. The third-order valence-electron chi connectivity index (χ3n) is 6.75. The lowest BCUT2D eigenvalue weighted by molar-refractivity contribution is -0.136. The molecule has 33 heavy (non-hydrogen) atoms. The number of carbonyl (C=O) groups excluding carboxylic acids is 3. The minimum atomic E-state index is -0.721. The van der Waals surface area contributed by atoms with Crippen LogP contribution in [-0.4, -0.2) is 35.9 Å². The molecular weight excluding hydrogens is 438 g/mol. The Balaban J connectivity index is 1.41. The first-order chi connectivity index (χ1) is 15.8. The van der Waals surface area contributed by atoms with E-state index in [9.17, 15) is 19.5 Å². The summed E-state index contributed by atoms with van der Waals surface area (Å²) in [6.07, 6.45) is 4.87. The van der Waals surface area contributed by atoms with Gasteiger partial charge in [-0.05, 0) is 62.9 Å². The number of thiophene rings is 1. The van der Waals surface area contributed by atoms with Crippen molar-refractivity contribution in [2.45, 2.75) is 63.9 Å². The molecule has 1 aromatic carbocycles. The summed E-state index contributed by atoms with van der Waals surface area (Å²) in [5, 5.41) is 15.4. The summed E-state index contributed by atoms with van der Waals surface area (Å²) in [6.45, 7) is 4.73. The molecule has 2 aliphatic rings. The van der Waals surface area contributed by atoms with Crippen LogP contribution in [-0.2, 0) is 19.8 Å². The van der Waals surface area contributed by atoms with Crippen molar-refractivity contribution in [2.75, 3.05) is 23.3 Å². The Morgan fingerprint density at radius 2 is 1.91 bits per heavy atom. The van der Waals surface area contributed by atoms with E-state index in [1.807, 2.05) is 25.1 Å². The van der Waals surface area contributed by atoms with Crippen LogP contribution in [0.5, 0.6) is 0 Å². The molecule has 0 radical (unpaired) electrons. The van der Waals surface area contributed by atoms with E-state index < -0.39 is 17.9 Å². The van der Waals surface area contributed by atoms with Gasteiger partial charge in [0.1, 0.15) is 0 Å². The summed E-state index contributed by atoms with van der Waals surface area (Å²) < 4.78 is 0. The SMILES string of the molecule is Cc1ccc(NC(=O)C(=O)NCC2(c3ccc(C(C)O)s3)CCCC2)cc1N1CCCC1=O. The minimum Gasteiger partial charge on any atom is -0.388 e. The maximum Gasteiger partial charge on any atom is 0.313 e. The average molecular weight is 470 g/mol. The van der Waals surface area contributed by atoms with Crippen molar-refractivity contribution in [3.8, 4) is 0 Å². The number of nitrogens with one attached hydrogen (secondary N) is 2. The molecule has 1 unspecified atom stereocenters. The monoisotopic (exact) mass is 469 g/mol. The van der Waals surface area contributed by atoms with Crippen molar-refractivity contribution < 1.29 is 19.5 Å². The largest absolute Gasteiger partial charge is 0.388 e. The second-order valence-corrected chi connectivity index (χ2v) is 10.3. The Morgan fingerprint density at radius 1 is 1.15 bits per heavy atom. The maximum atomic E-state index is 12.6. The van der Waals surface area contributed by atoms with Gasteiger partial charge in [0.05, 0.1) is 6.10 Å². The molecule has 3 N–H and O–H groups in total. The van der Waals surface area contributed by atoms with Crippen LogP contribution in [0.15, 0.2) is 30.3 Å². The normalized spacial score (nSPS) is 18.4. The topological polar surface area (TPSA) is 98.7 Å². The number of anilines is 2. The fraction of sp³-hybridized carbons (Fsp3) is 0.480. The quantitative estimate of drug-likeness (QED) is 0.561. The number of nitrogens with zero attached hydrogens (tertiary/aromatic N) is 1. The predicted octanol–water partition coefficient (Wildman–Crippen LogP) is 3.80. The highest BCUT2D eigenvalue weighted by Gasteiger charge is 2.38. The van der Waals surface area contributed by atoms with Gasteiger partial charge in [-0.15, -0.1) is 11.3 Å². The van der Waals surface area contributed by atoms with Gasteiger partial charge in [-0.3, -0.25) is 14.4 Å². The number of rotatable bonds is 6. The number of hydrogen-bond acceptors (Lipinski definition) is 5. The van der Waals surface area contributed by atoms with E-state index in [2.05, 4.69) is 10.6 Å². The summed E-state index contributed by atoms with van der Waals surface area (Å²) in [4.78, 5) is 41.1. The molecule has 0 spiro atoms. The van der Waals surface area contributed by atoms with E-state index >= 15 is 0 Å². The van der Waals surface area contributed by atoms with Crippen LogP contribution >= 0.6 is 11.3 Å². The molecule has 1 aliphatic carbocycles. The van der Waals surface area contributed by atoms with E-state index in [0.29, 0.717) is 25.2 Å². The first-order valence-electron chi connectivity index (χ1n) is 11.6. The number of aliphatic hydroxyl groups excluding tert-OH is 1. The van der Waals surface area contributed by atoms with Gasteiger partial charge in [-0.2, -0.15) is 0 Å². The fourth-order valence-electron chi connectivity index (χ4n) is 4.82. The van der Waals surface area contributed by atoms with E-state index in [4.69, 9.17) is 0 Å². The summed E-state index contributed by atoms with van der Waals surface area (Å²) in [5.74, 6) is -1.32. The van der Waals surface area contributed by atoms with Crippen molar-refractivity contribution in [2.24, 2.45) is 0 Å². The third kappa shape index (κ3) is 4.96. The first kappa shape index (κ1) is 23.4. The molecule has 176 valence electrons. The van der Waals surface area contributed by atoms with Crippen LogP contribution in [0.25, 0.3) is 0 Å². The van der Waals surface area contributed by atoms with Crippen LogP contribution in [0, 0.1) is 6.92 Å². The van der Waals surface area contributed by atoms with Gasteiger partial charge in [-0.1, -0.05) is 18.9 Å². The standard InChI is InChI=1S/C25H31N3O4S/c1-16-7-8-18(14-19(16)28-13-5-6-22(28)30)27-24(32)23(31)26-15-25(11-3-4-12-25)21-10-9-20(33-21)17(2)29/h7-10,14,17,29H,3-6,11-13,15H2,1-2H3,(H,26,31)(H,27,32). The van der Waals surface area contributed by atoms with Crippen molar-refractivity contribution in [3.63, 3.8) is 0 Å². The van der Waals surface area contributed by atoms with Crippen molar-refractivity contribution in [1.82, 2.24) is 5.32 Å². The first-order valence-corrected chi connectivity index (χ1v) is 12.4. The van der Waals surface area contributed by atoms with E-state index in [1.54, 1.807) is 35.3 Å². The molecule has 2 aromatic rings. The Kier molecular flexibility index (Phi) is 6.86. The smallest absolute Gasteiger partial charge is 0.313 e. The second kappa shape index (κ2) is 9.65. The zero-order valence-corrected chi connectivity index (χ0v) is 20.0. The zero-order chi connectivity index (χ0) is 23.6. The van der Waals surface area contributed by atoms with Crippen LogP contribution in [0.1, 0.15) is 66.9 Å². The van der Waals surface area contributed by atoms with Gasteiger partial charge >= 0.3 is 11.8 Å². The van der Waals surface area contributed by atoms with Crippen molar-refractivity contribution >= 4 is 40.4 Å². The van der Waals surface area contributed by atoms with Gasteiger partial charge in [-0.25, -0.2) is 0 Å². The summed E-state index contributed by atoms with van der Waals surface area (Å²) in [5.41, 5.74) is 2.02. The second-order valence-electron chi connectivity index (χ2n) is 9.15. The average Bonchev–Trinajstić information content (AvgIpc) is 3.54. The Labute approximate surface area is 198 Å². The summed E-state index contributed by atoms with van der Waals surface area (Å²) in [7, 11) is 0. The number of carbonyl (C=O) groups is 3. The molecule has 4 rings (SSSR count). The molecule has 1 aromatic heterocycles. The fourth-order valence-corrected chi connectivity index (χ4v) is 6.01. The summed E-state index contributed by atoms with van der Waals surface area (Å²) >= 11 is 1.58. The van der Waals surface area contributed by atoms with E-state index in [1.165, 1.54) is 0 Å². The van der Waals surface area contributed by atoms with E-state index in [0.717, 1.165) is 53.1 Å². The van der Waals surface area contributed by atoms with Gasteiger partial charge in [0.25, 0.3) is 0 Å². The Bertz CT molecular complexity index is 1060. The number of benzene rings is 1. The van der Waals surface area contributed by atoms with Gasteiger partial charge in [0.2, 0.25) is 5.91 Å². The molecule has 0 bridgehead atoms. The van der Waals surface area contributed by atoms with Crippen LogP contribution in [0.3, 0.4) is 0 Å². The Morgan fingerprint density at radius 3 is 2.55 bits per heavy atom. The lowest BCUT2D eigenvalue weighted by Crippen LogP contribution is -2.43.